The van der Waals surface area contributed by atoms with Gasteiger partial charge in [0.1, 0.15) is 0 Å². The van der Waals surface area contributed by atoms with Crippen LogP contribution in [0.25, 0.3) is 5.57 Å². The molecule has 5 nitrogen and oxygen atoms in total. The van der Waals surface area contributed by atoms with Gasteiger partial charge >= 0.3 is 5.97 Å². The summed E-state index contributed by atoms with van der Waals surface area (Å²) in [4.78, 5) is 41.4. The number of hydrogen-bond donors (Lipinski definition) is 0. The van der Waals surface area contributed by atoms with Crippen LogP contribution in [0.3, 0.4) is 0 Å². The second kappa shape index (κ2) is 5.63. The van der Waals surface area contributed by atoms with Crippen LogP contribution in [0, 0.1) is 0 Å². The third-order valence-corrected chi connectivity index (χ3v) is 4.36. The second-order valence-corrected chi connectivity index (χ2v) is 5.90. The number of rotatable bonds is 1. The minimum Gasteiger partial charge on any atom is -0.318 e. The molecule has 0 bridgehead atoms. The van der Waals surface area contributed by atoms with Crippen molar-refractivity contribution in [2.75, 3.05) is 0 Å². The van der Waals surface area contributed by atoms with Crippen molar-refractivity contribution in [2.24, 2.45) is 5.16 Å². The number of benzene rings is 2. The van der Waals surface area contributed by atoms with Gasteiger partial charge in [-0.05, 0) is 11.1 Å². The van der Waals surface area contributed by atoms with Crippen LogP contribution in [0.5, 0.6) is 0 Å². The molecule has 0 atom stereocenters. The van der Waals surface area contributed by atoms with Gasteiger partial charge in [-0.3, -0.25) is 9.59 Å². The number of fused-ring (bicyclic) bond motifs is 2. The first-order valence-electron chi connectivity index (χ1n) is 7.83. The zero-order valence-corrected chi connectivity index (χ0v) is 13.4. The fraction of sp³-hybridized carbons (Fsp3) is 0.100. The quantitative estimate of drug-likeness (QED) is 0.348. The van der Waals surface area contributed by atoms with E-state index < -0.39 is 5.97 Å². The van der Waals surface area contributed by atoms with Crippen LogP contribution in [0.2, 0.25) is 0 Å². The van der Waals surface area contributed by atoms with Crippen molar-refractivity contribution in [3.8, 4) is 0 Å². The molecule has 2 aliphatic carbocycles. The molecule has 0 aliphatic heterocycles. The molecule has 0 aromatic heterocycles. The maximum atomic E-state index is 12.8. The molecule has 5 heteroatoms. The van der Waals surface area contributed by atoms with Gasteiger partial charge in [-0.25, -0.2) is 4.79 Å². The van der Waals surface area contributed by atoms with Crippen LogP contribution < -0.4 is 0 Å². The standard InChI is InChI=1S/C20H13NO4/c1-11(22)25-21-17-10-16(12-6-2-3-7-13(12)17)18-19(23)14-8-4-5-9-15(14)20(18)24/h2-9H,10H2,1H3/b21-17-. The molecule has 2 aromatic carbocycles. The normalized spacial score (nSPS) is 17.1. The first-order valence-corrected chi connectivity index (χ1v) is 7.83. The number of carbonyl (C=O) groups excluding carboxylic acids is 3. The summed E-state index contributed by atoms with van der Waals surface area (Å²) in [5.41, 5.74) is 3.75. The summed E-state index contributed by atoms with van der Waals surface area (Å²) >= 11 is 0. The van der Waals surface area contributed by atoms with Crippen molar-refractivity contribution < 1.29 is 19.2 Å². The lowest BCUT2D eigenvalue weighted by molar-refractivity contribution is -0.140. The predicted molar refractivity (Wildman–Crippen MR) is 91.4 cm³/mol. The van der Waals surface area contributed by atoms with Crippen molar-refractivity contribution in [3.05, 3.63) is 76.4 Å². The fourth-order valence-electron chi connectivity index (χ4n) is 3.31. The SMILES string of the molecule is CC(=O)O/N=C1/CC(=C2C(=O)c3ccccc3C2=O)c2ccccc21. The number of Topliss-reactive ketones (excluding diaryl/α,β-unsaturated/α-hetero) is 2. The molecule has 0 saturated heterocycles. The fourth-order valence-corrected chi connectivity index (χ4v) is 3.31. The molecule has 0 spiro atoms. The van der Waals surface area contributed by atoms with Gasteiger partial charge in [0.05, 0.1) is 11.3 Å². The highest BCUT2D eigenvalue weighted by molar-refractivity contribution is 6.43. The lowest BCUT2D eigenvalue weighted by Gasteiger charge is -2.03. The minimum absolute atomic E-state index is 0.182. The van der Waals surface area contributed by atoms with E-state index in [9.17, 15) is 14.4 Å². The van der Waals surface area contributed by atoms with Crippen LogP contribution in [0.15, 0.2) is 59.3 Å². The van der Waals surface area contributed by atoms with E-state index in [2.05, 4.69) is 5.16 Å². The van der Waals surface area contributed by atoms with Gasteiger partial charge in [0.25, 0.3) is 0 Å². The van der Waals surface area contributed by atoms with Gasteiger partial charge in [-0.15, -0.1) is 0 Å². The van der Waals surface area contributed by atoms with Crippen molar-refractivity contribution in [1.82, 2.24) is 0 Å². The summed E-state index contributed by atoms with van der Waals surface area (Å²) in [5.74, 6) is -1.05. The molecule has 0 saturated carbocycles. The van der Waals surface area contributed by atoms with E-state index in [1.807, 2.05) is 24.3 Å². The summed E-state index contributed by atoms with van der Waals surface area (Å²) in [5, 5.41) is 3.90. The van der Waals surface area contributed by atoms with E-state index in [4.69, 9.17) is 4.84 Å². The number of hydrogen-bond acceptors (Lipinski definition) is 5. The Morgan fingerprint density at radius 3 is 1.96 bits per heavy atom. The van der Waals surface area contributed by atoms with Gasteiger partial charge < -0.3 is 4.84 Å². The van der Waals surface area contributed by atoms with Gasteiger partial charge in [0, 0.05) is 30.0 Å². The first kappa shape index (κ1) is 15.2. The molecule has 2 aliphatic rings. The molecule has 0 radical (unpaired) electrons. The van der Waals surface area contributed by atoms with Crippen molar-refractivity contribution in [2.45, 2.75) is 13.3 Å². The van der Waals surface area contributed by atoms with Crippen molar-refractivity contribution in [1.29, 1.82) is 0 Å². The highest BCUT2D eigenvalue weighted by Crippen LogP contribution is 2.39. The van der Waals surface area contributed by atoms with Gasteiger partial charge in [-0.1, -0.05) is 53.7 Å². The number of nitrogens with zero attached hydrogens (tertiary/aromatic N) is 1. The maximum Gasteiger partial charge on any atom is 0.331 e. The number of ketones is 2. The lowest BCUT2D eigenvalue weighted by Crippen LogP contribution is -2.04. The van der Waals surface area contributed by atoms with Crippen LogP contribution in [0.1, 0.15) is 45.2 Å². The van der Waals surface area contributed by atoms with Gasteiger partial charge in [0.2, 0.25) is 0 Å². The Kier molecular flexibility index (Phi) is 3.42. The topological polar surface area (TPSA) is 72.8 Å². The third-order valence-electron chi connectivity index (χ3n) is 4.36. The Bertz CT molecular complexity index is 977. The molecule has 0 unspecified atom stereocenters. The Hall–Kier alpha value is -3.34. The van der Waals surface area contributed by atoms with E-state index in [0.717, 1.165) is 11.1 Å². The Labute approximate surface area is 143 Å². The molecule has 4 rings (SSSR count). The van der Waals surface area contributed by atoms with E-state index in [1.165, 1.54) is 6.92 Å². The highest BCUT2D eigenvalue weighted by Gasteiger charge is 2.38. The Morgan fingerprint density at radius 1 is 0.880 bits per heavy atom. The molecule has 122 valence electrons. The van der Waals surface area contributed by atoms with Gasteiger partial charge in [-0.2, -0.15) is 0 Å². The molecular formula is C20H13NO4. The summed E-state index contributed by atoms with van der Waals surface area (Å²) in [6.45, 7) is 1.27. The number of allylic oxidation sites excluding steroid dienone is 2. The Morgan fingerprint density at radius 2 is 1.40 bits per heavy atom. The van der Waals surface area contributed by atoms with Crippen LogP contribution in [-0.2, 0) is 9.63 Å². The van der Waals surface area contributed by atoms with E-state index in [1.54, 1.807) is 24.3 Å². The van der Waals surface area contributed by atoms with Crippen LogP contribution in [0.4, 0.5) is 0 Å². The molecule has 0 heterocycles. The summed E-state index contributed by atoms with van der Waals surface area (Å²) in [6, 6.07) is 14.2. The first-order chi connectivity index (χ1) is 12.1. The predicted octanol–water partition coefficient (Wildman–Crippen LogP) is 3.19. The van der Waals surface area contributed by atoms with E-state index >= 15 is 0 Å². The monoisotopic (exact) mass is 331 g/mol. The van der Waals surface area contributed by atoms with Crippen molar-refractivity contribution >= 4 is 28.8 Å². The Balaban J connectivity index is 1.89. The molecule has 2 aromatic rings. The second-order valence-electron chi connectivity index (χ2n) is 5.90. The molecule has 0 N–H and O–H groups in total. The minimum atomic E-state index is -0.522. The summed E-state index contributed by atoms with van der Waals surface area (Å²) < 4.78 is 0. The highest BCUT2D eigenvalue weighted by atomic mass is 16.7. The number of oxime groups is 1. The summed E-state index contributed by atoms with van der Waals surface area (Å²) in [7, 11) is 0. The van der Waals surface area contributed by atoms with Crippen molar-refractivity contribution in [3.63, 3.8) is 0 Å². The zero-order valence-electron chi connectivity index (χ0n) is 13.4. The summed E-state index contributed by atoms with van der Waals surface area (Å²) in [6.07, 6.45) is 0.271. The van der Waals surface area contributed by atoms with Crippen LogP contribution in [-0.4, -0.2) is 23.2 Å². The smallest absolute Gasteiger partial charge is 0.318 e. The average molecular weight is 331 g/mol. The van der Waals surface area contributed by atoms with Crippen LogP contribution >= 0.6 is 0 Å². The zero-order chi connectivity index (χ0) is 17.6. The largest absolute Gasteiger partial charge is 0.331 e. The maximum absolute atomic E-state index is 12.8. The molecule has 0 amide bonds. The molecule has 25 heavy (non-hydrogen) atoms. The van der Waals surface area contributed by atoms with E-state index in [0.29, 0.717) is 22.4 Å². The molecular weight excluding hydrogens is 318 g/mol. The number of carbonyl (C=O) groups is 3. The third kappa shape index (κ3) is 2.32. The van der Waals surface area contributed by atoms with Gasteiger partial charge in [0.15, 0.2) is 11.6 Å². The average Bonchev–Trinajstić information content (AvgIpc) is 3.10. The lowest BCUT2D eigenvalue weighted by atomic mass is 9.98. The molecule has 0 fully saturated rings. The van der Waals surface area contributed by atoms with E-state index in [-0.39, 0.29) is 23.6 Å².